The van der Waals surface area contributed by atoms with Gasteiger partial charge in [-0.1, -0.05) is 6.07 Å². The average molecular weight is 249 g/mol. The second kappa shape index (κ2) is 6.47. The second-order valence-electron chi connectivity index (χ2n) is 4.38. The van der Waals surface area contributed by atoms with E-state index in [1.807, 2.05) is 30.2 Å². The molecule has 1 N–H and O–H groups in total. The molecule has 1 aromatic rings. The maximum absolute atomic E-state index is 11.9. The Morgan fingerprint density at radius 1 is 1.56 bits per heavy atom. The molecule has 1 saturated heterocycles. The summed E-state index contributed by atoms with van der Waals surface area (Å²) >= 11 is 0. The molecule has 1 atom stereocenters. The first-order valence-electron chi connectivity index (χ1n) is 6.26. The van der Waals surface area contributed by atoms with Crippen molar-refractivity contribution in [3.8, 4) is 0 Å². The first-order valence-corrected chi connectivity index (χ1v) is 6.26. The van der Waals surface area contributed by atoms with Crippen molar-refractivity contribution in [1.82, 2.24) is 15.2 Å². The summed E-state index contributed by atoms with van der Waals surface area (Å²) in [5.74, 6) is 0.133. The van der Waals surface area contributed by atoms with Gasteiger partial charge >= 0.3 is 0 Å². The van der Waals surface area contributed by atoms with Crippen LogP contribution in [0.25, 0.3) is 0 Å². The highest BCUT2D eigenvalue weighted by molar-refractivity contribution is 5.78. The molecule has 98 valence electrons. The minimum absolute atomic E-state index is 0.128. The molecule has 0 saturated carbocycles. The van der Waals surface area contributed by atoms with Gasteiger partial charge in [0.25, 0.3) is 0 Å². The van der Waals surface area contributed by atoms with Gasteiger partial charge in [0.15, 0.2) is 0 Å². The molecule has 2 rings (SSSR count). The number of morpholine rings is 1. The molecule has 1 aliphatic rings. The van der Waals surface area contributed by atoms with Crippen molar-refractivity contribution in [2.24, 2.45) is 0 Å². The number of hydrogen-bond donors (Lipinski definition) is 1. The topological polar surface area (TPSA) is 54.5 Å². The molecule has 5 heteroatoms. The zero-order valence-electron chi connectivity index (χ0n) is 10.6. The normalized spacial score (nSPS) is 17.5. The molecule has 0 aromatic carbocycles. The number of hydrogen-bond acceptors (Lipinski definition) is 4. The van der Waals surface area contributed by atoms with Crippen LogP contribution in [0.2, 0.25) is 0 Å². The minimum atomic E-state index is 0.128. The van der Waals surface area contributed by atoms with E-state index in [2.05, 4.69) is 10.3 Å². The molecule has 2 heterocycles. The second-order valence-corrected chi connectivity index (χ2v) is 4.38. The lowest BCUT2D eigenvalue weighted by atomic mass is 10.1. The number of nitrogens with zero attached hydrogens (tertiary/aromatic N) is 2. The first-order chi connectivity index (χ1) is 8.77. The van der Waals surface area contributed by atoms with E-state index in [1.54, 1.807) is 6.20 Å². The van der Waals surface area contributed by atoms with E-state index in [0.29, 0.717) is 32.8 Å². The SMILES string of the molecule is C[C@H](NCC(=O)N1CCOCC1)c1cccnc1. The van der Waals surface area contributed by atoms with Crippen LogP contribution in [0.15, 0.2) is 24.5 Å². The van der Waals surface area contributed by atoms with Crippen molar-refractivity contribution < 1.29 is 9.53 Å². The van der Waals surface area contributed by atoms with Gasteiger partial charge < -0.3 is 15.0 Å². The highest BCUT2D eigenvalue weighted by Gasteiger charge is 2.17. The third kappa shape index (κ3) is 3.51. The van der Waals surface area contributed by atoms with E-state index < -0.39 is 0 Å². The molecule has 1 aromatic heterocycles. The predicted molar refractivity (Wildman–Crippen MR) is 68.1 cm³/mol. The molecule has 0 unspecified atom stereocenters. The lowest BCUT2D eigenvalue weighted by Crippen LogP contribution is -2.45. The summed E-state index contributed by atoms with van der Waals surface area (Å²) in [6.45, 7) is 5.07. The number of rotatable bonds is 4. The van der Waals surface area contributed by atoms with Crippen LogP contribution in [0.1, 0.15) is 18.5 Å². The van der Waals surface area contributed by atoms with Crippen LogP contribution in [-0.4, -0.2) is 48.6 Å². The van der Waals surface area contributed by atoms with E-state index in [4.69, 9.17) is 4.74 Å². The number of aromatic nitrogens is 1. The maximum atomic E-state index is 11.9. The fourth-order valence-electron chi connectivity index (χ4n) is 1.91. The summed E-state index contributed by atoms with van der Waals surface area (Å²) < 4.78 is 5.22. The summed E-state index contributed by atoms with van der Waals surface area (Å²) in [6.07, 6.45) is 3.56. The number of carbonyl (C=O) groups is 1. The Balaban J connectivity index is 1.78. The van der Waals surface area contributed by atoms with Gasteiger partial charge in [-0.15, -0.1) is 0 Å². The summed E-state index contributed by atoms with van der Waals surface area (Å²) in [6, 6.07) is 4.03. The van der Waals surface area contributed by atoms with E-state index >= 15 is 0 Å². The number of pyridine rings is 1. The van der Waals surface area contributed by atoms with Gasteiger partial charge in [-0.3, -0.25) is 9.78 Å². The van der Waals surface area contributed by atoms with Crippen molar-refractivity contribution in [1.29, 1.82) is 0 Å². The monoisotopic (exact) mass is 249 g/mol. The van der Waals surface area contributed by atoms with Crippen LogP contribution in [0.5, 0.6) is 0 Å². The summed E-state index contributed by atoms with van der Waals surface area (Å²) in [7, 11) is 0. The minimum Gasteiger partial charge on any atom is -0.378 e. The Morgan fingerprint density at radius 3 is 3.00 bits per heavy atom. The average Bonchev–Trinajstić information content (AvgIpc) is 2.46. The smallest absolute Gasteiger partial charge is 0.236 e. The largest absolute Gasteiger partial charge is 0.378 e. The Hall–Kier alpha value is -1.46. The first kappa shape index (κ1) is 13.0. The lowest BCUT2D eigenvalue weighted by Gasteiger charge is -2.27. The quantitative estimate of drug-likeness (QED) is 0.848. The summed E-state index contributed by atoms with van der Waals surface area (Å²) in [4.78, 5) is 17.8. The van der Waals surface area contributed by atoms with Crippen molar-refractivity contribution in [2.45, 2.75) is 13.0 Å². The number of amides is 1. The van der Waals surface area contributed by atoms with Gasteiger partial charge in [0.05, 0.1) is 19.8 Å². The van der Waals surface area contributed by atoms with Crippen LogP contribution in [0.4, 0.5) is 0 Å². The third-order valence-corrected chi connectivity index (χ3v) is 3.11. The van der Waals surface area contributed by atoms with Crippen molar-refractivity contribution in [2.75, 3.05) is 32.8 Å². The predicted octanol–water partition coefficient (Wildman–Crippen LogP) is 0.591. The van der Waals surface area contributed by atoms with Gasteiger partial charge in [0.2, 0.25) is 5.91 Å². The number of nitrogens with one attached hydrogen (secondary N) is 1. The Kier molecular flexibility index (Phi) is 4.66. The van der Waals surface area contributed by atoms with E-state index in [1.165, 1.54) is 0 Å². The molecular formula is C13H19N3O2. The maximum Gasteiger partial charge on any atom is 0.236 e. The fourth-order valence-corrected chi connectivity index (χ4v) is 1.91. The Labute approximate surface area is 107 Å². The van der Waals surface area contributed by atoms with Crippen molar-refractivity contribution >= 4 is 5.91 Å². The highest BCUT2D eigenvalue weighted by Crippen LogP contribution is 2.09. The van der Waals surface area contributed by atoms with Gasteiger partial charge in [0, 0.05) is 31.5 Å². The van der Waals surface area contributed by atoms with Crippen LogP contribution >= 0.6 is 0 Å². The molecular weight excluding hydrogens is 230 g/mol. The van der Waals surface area contributed by atoms with E-state index in [0.717, 1.165) is 5.56 Å². The molecule has 1 fully saturated rings. The van der Waals surface area contributed by atoms with Crippen molar-refractivity contribution in [3.63, 3.8) is 0 Å². The standard InChI is InChI=1S/C13H19N3O2/c1-11(12-3-2-4-14-9-12)15-10-13(17)16-5-7-18-8-6-16/h2-4,9,11,15H,5-8,10H2,1H3/t11-/m0/s1. The van der Waals surface area contributed by atoms with Crippen LogP contribution in [0.3, 0.4) is 0 Å². The molecule has 5 nitrogen and oxygen atoms in total. The summed E-state index contributed by atoms with van der Waals surface area (Å²) in [5.41, 5.74) is 1.09. The summed E-state index contributed by atoms with van der Waals surface area (Å²) in [5, 5.41) is 3.22. The van der Waals surface area contributed by atoms with Crippen LogP contribution in [0, 0.1) is 0 Å². The van der Waals surface area contributed by atoms with Gasteiger partial charge in [-0.2, -0.15) is 0 Å². The Bertz CT molecular complexity index is 377. The zero-order chi connectivity index (χ0) is 12.8. The number of carbonyl (C=O) groups excluding carboxylic acids is 1. The molecule has 1 amide bonds. The molecule has 0 spiro atoms. The molecule has 0 aliphatic carbocycles. The zero-order valence-corrected chi connectivity index (χ0v) is 10.6. The number of ether oxygens (including phenoxy) is 1. The van der Waals surface area contributed by atoms with E-state index in [-0.39, 0.29) is 11.9 Å². The molecule has 18 heavy (non-hydrogen) atoms. The fraction of sp³-hybridized carbons (Fsp3) is 0.538. The third-order valence-electron chi connectivity index (χ3n) is 3.11. The van der Waals surface area contributed by atoms with Crippen molar-refractivity contribution in [3.05, 3.63) is 30.1 Å². The molecule has 1 aliphatic heterocycles. The van der Waals surface area contributed by atoms with Gasteiger partial charge in [-0.05, 0) is 18.6 Å². The van der Waals surface area contributed by atoms with Crippen LogP contribution in [-0.2, 0) is 9.53 Å². The van der Waals surface area contributed by atoms with Gasteiger partial charge in [0.1, 0.15) is 0 Å². The van der Waals surface area contributed by atoms with E-state index in [9.17, 15) is 4.79 Å². The lowest BCUT2D eigenvalue weighted by molar-refractivity contribution is -0.134. The Morgan fingerprint density at radius 2 is 2.33 bits per heavy atom. The molecule has 0 radical (unpaired) electrons. The molecule has 0 bridgehead atoms. The highest BCUT2D eigenvalue weighted by atomic mass is 16.5. The van der Waals surface area contributed by atoms with Crippen LogP contribution < -0.4 is 5.32 Å². The van der Waals surface area contributed by atoms with Gasteiger partial charge in [-0.25, -0.2) is 0 Å².